The molecule has 1 saturated heterocycles. The van der Waals surface area contributed by atoms with Crippen LogP contribution in [0.2, 0.25) is 0 Å². The Kier molecular flexibility index (Phi) is 2.74. The molecule has 0 amide bonds. The smallest absolute Gasteiger partial charge is 0.134 e. The molecular formula is C13H16N2O2. The van der Waals surface area contributed by atoms with Crippen LogP contribution in [0.5, 0.6) is 0 Å². The van der Waals surface area contributed by atoms with Gasteiger partial charge in [-0.1, -0.05) is 0 Å². The van der Waals surface area contributed by atoms with E-state index in [2.05, 4.69) is 11.0 Å². The number of nitrogen functional groups attached to an aromatic ring is 1. The fourth-order valence-electron chi connectivity index (χ4n) is 2.17. The highest BCUT2D eigenvalue weighted by Gasteiger charge is 2.13. The molecule has 0 aliphatic carbocycles. The highest BCUT2D eigenvalue weighted by atomic mass is 16.5. The summed E-state index contributed by atoms with van der Waals surface area (Å²) in [7, 11) is 0. The second kappa shape index (κ2) is 4.39. The molecule has 2 N–H and O–H groups in total. The molecule has 1 fully saturated rings. The summed E-state index contributed by atoms with van der Waals surface area (Å²) in [4.78, 5) is 2.34. The zero-order valence-electron chi connectivity index (χ0n) is 9.69. The maximum absolute atomic E-state index is 5.79. The van der Waals surface area contributed by atoms with Crippen LogP contribution in [0.25, 0.3) is 11.0 Å². The molecular weight excluding hydrogens is 216 g/mol. The summed E-state index contributed by atoms with van der Waals surface area (Å²) in [6, 6.07) is 7.81. The summed E-state index contributed by atoms with van der Waals surface area (Å²) in [5, 5.41) is 1.08. The van der Waals surface area contributed by atoms with Crippen molar-refractivity contribution in [1.82, 2.24) is 4.90 Å². The predicted octanol–water partition coefficient (Wildman–Crippen LogP) is 1.85. The minimum Gasteiger partial charge on any atom is -0.460 e. The molecule has 2 heterocycles. The van der Waals surface area contributed by atoms with Crippen molar-refractivity contribution in [2.45, 2.75) is 6.54 Å². The van der Waals surface area contributed by atoms with Gasteiger partial charge >= 0.3 is 0 Å². The number of nitrogens with zero attached hydrogens (tertiary/aromatic N) is 1. The molecule has 0 saturated carbocycles. The molecule has 1 aromatic heterocycles. The van der Waals surface area contributed by atoms with E-state index in [9.17, 15) is 0 Å². The van der Waals surface area contributed by atoms with Gasteiger partial charge in [-0.25, -0.2) is 0 Å². The third-order valence-corrected chi connectivity index (χ3v) is 3.07. The van der Waals surface area contributed by atoms with Crippen molar-refractivity contribution >= 4 is 16.7 Å². The van der Waals surface area contributed by atoms with E-state index in [1.54, 1.807) is 0 Å². The van der Waals surface area contributed by atoms with Crippen molar-refractivity contribution in [1.29, 1.82) is 0 Å². The first-order chi connectivity index (χ1) is 8.31. The molecule has 4 heteroatoms. The second-order valence-corrected chi connectivity index (χ2v) is 4.40. The van der Waals surface area contributed by atoms with E-state index in [4.69, 9.17) is 14.9 Å². The molecule has 4 nitrogen and oxygen atoms in total. The number of furan rings is 1. The number of hydrogen-bond donors (Lipinski definition) is 1. The van der Waals surface area contributed by atoms with Crippen molar-refractivity contribution in [3.05, 3.63) is 30.0 Å². The Bertz CT molecular complexity index is 515. The van der Waals surface area contributed by atoms with Crippen LogP contribution in [0.15, 0.2) is 28.7 Å². The number of nitrogens with two attached hydrogens (primary N) is 1. The number of fused-ring (bicyclic) bond motifs is 1. The van der Waals surface area contributed by atoms with Crippen LogP contribution in [0.3, 0.4) is 0 Å². The molecule has 90 valence electrons. The van der Waals surface area contributed by atoms with Crippen molar-refractivity contribution < 1.29 is 9.15 Å². The molecule has 2 aromatic rings. The standard InChI is InChI=1S/C13H16N2O2/c14-11-1-2-13-10(7-11)8-12(17-13)9-15-3-5-16-6-4-15/h1-2,7-8H,3-6,9,14H2. The normalized spacial score (nSPS) is 17.6. The number of benzene rings is 1. The van der Waals surface area contributed by atoms with E-state index in [0.717, 1.165) is 55.3 Å². The molecule has 0 atom stereocenters. The molecule has 1 aromatic carbocycles. The maximum Gasteiger partial charge on any atom is 0.134 e. The van der Waals surface area contributed by atoms with Gasteiger partial charge in [-0.05, 0) is 24.3 Å². The fourth-order valence-corrected chi connectivity index (χ4v) is 2.17. The zero-order valence-corrected chi connectivity index (χ0v) is 9.69. The van der Waals surface area contributed by atoms with Crippen LogP contribution in [0.1, 0.15) is 5.76 Å². The lowest BCUT2D eigenvalue weighted by Gasteiger charge is -2.25. The lowest BCUT2D eigenvalue weighted by Crippen LogP contribution is -2.35. The lowest BCUT2D eigenvalue weighted by molar-refractivity contribution is 0.0315. The van der Waals surface area contributed by atoms with Crippen molar-refractivity contribution in [2.75, 3.05) is 32.0 Å². The highest BCUT2D eigenvalue weighted by molar-refractivity contribution is 5.81. The van der Waals surface area contributed by atoms with Crippen molar-refractivity contribution in [3.63, 3.8) is 0 Å². The molecule has 0 bridgehead atoms. The van der Waals surface area contributed by atoms with Gasteiger partial charge in [-0.2, -0.15) is 0 Å². The van der Waals surface area contributed by atoms with Gasteiger partial charge < -0.3 is 14.9 Å². The Hall–Kier alpha value is -1.52. The van der Waals surface area contributed by atoms with E-state index < -0.39 is 0 Å². The molecule has 1 aliphatic heterocycles. The van der Waals surface area contributed by atoms with Crippen LogP contribution >= 0.6 is 0 Å². The SMILES string of the molecule is Nc1ccc2oc(CN3CCOCC3)cc2c1. The van der Waals surface area contributed by atoms with Crippen LogP contribution in [0, 0.1) is 0 Å². The van der Waals surface area contributed by atoms with E-state index >= 15 is 0 Å². The Balaban J connectivity index is 1.80. The van der Waals surface area contributed by atoms with Crippen LogP contribution in [-0.4, -0.2) is 31.2 Å². The maximum atomic E-state index is 5.79. The minimum atomic E-state index is 0.774. The number of anilines is 1. The third kappa shape index (κ3) is 2.28. The fraction of sp³-hybridized carbons (Fsp3) is 0.385. The number of ether oxygens (including phenoxy) is 1. The van der Waals surface area contributed by atoms with Gasteiger partial charge in [0.15, 0.2) is 0 Å². The van der Waals surface area contributed by atoms with E-state index in [-0.39, 0.29) is 0 Å². The molecule has 17 heavy (non-hydrogen) atoms. The van der Waals surface area contributed by atoms with Gasteiger partial charge in [0.1, 0.15) is 11.3 Å². The van der Waals surface area contributed by atoms with Gasteiger partial charge in [0.05, 0.1) is 19.8 Å². The van der Waals surface area contributed by atoms with Crippen LogP contribution in [-0.2, 0) is 11.3 Å². The summed E-state index contributed by atoms with van der Waals surface area (Å²) in [5.41, 5.74) is 7.43. The van der Waals surface area contributed by atoms with Gasteiger partial charge in [0.2, 0.25) is 0 Å². The summed E-state index contributed by atoms with van der Waals surface area (Å²) >= 11 is 0. The van der Waals surface area contributed by atoms with Gasteiger partial charge in [0.25, 0.3) is 0 Å². The average Bonchev–Trinajstić information content (AvgIpc) is 2.71. The van der Waals surface area contributed by atoms with E-state index in [1.807, 2.05) is 18.2 Å². The summed E-state index contributed by atoms with van der Waals surface area (Å²) < 4.78 is 11.1. The Morgan fingerprint density at radius 1 is 1.18 bits per heavy atom. The lowest BCUT2D eigenvalue weighted by atomic mass is 10.2. The molecule has 0 unspecified atom stereocenters. The van der Waals surface area contributed by atoms with E-state index in [1.165, 1.54) is 0 Å². The monoisotopic (exact) mass is 232 g/mol. The molecule has 3 rings (SSSR count). The van der Waals surface area contributed by atoms with Crippen molar-refractivity contribution in [2.24, 2.45) is 0 Å². The first-order valence-electron chi connectivity index (χ1n) is 5.89. The first kappa shape index (κ1) is 10.6. The topological polar surface area (TPSA) is 51.6 Å². The Labute approximate surface area is 99.9 Å². The predicted molar refractivity (Wildman–Crippen MR) is 66.7 cm³/mol. The molecule has 0 spiro atoms. The van der Waals surface area contributed by atoms with Gasteiger partial charge in [-0.15, -0.1) is 0 Å². The average molecular weight is 232 g/mol. The number of morpholine rings is 1. The van der Waals surface area contributed by atoms with E-state index in [0.29, 0.717) is 0 Å². The Morgan fingerprint density at radius 3 is 2.82 bits per heavy atom. The largest absolute Gasteiger partial charge is 0.460 e. The minimum absolute atomic E-state index is 0.774. The van der Waals surface area contributed by atoms with Gasteiger partial charge in [-0.3, -0.25) is 4.90 Å². The summed E-state index contributed by atoms with van der Waals surface area (Å²) in [5.74, 6) is 0.993. The second-order valence-electron chi connectivity index (χ2n) is 4.40. The van der Waals surface area contributed by atoms with Gasteiger partial charge in [0, 0.05) is 24.2 Å². The Morgan fingerprint density at radius 2 is 2.00 bits per heavy atom. The summed E-state index contributed by atoms with van der Waals surface area (Å²) in [6.45, 7) is 4.41. The highest BCUT2D eigenvalue weighted by Crippen LogP contribution is 2.22. The summed E-state index contributed by atoms with van der Waals surface area (Å²) in [6.07, 6.45) is 0. The quantitative estimate of drug-likeness (QED) is 0.803. The van der Waals surface area contributed by atoms with Crippen LogP contribution in [0.4, 0.5) is 5.69 Å². The van der Waals surface area contributed by atoms with Crippen LogP contribution < -0.4 is 5.73 Å². The zero-order chi connectivity index (χ0) is 11.7. The molecule has 0 radical (unpaired) electrons. The number of hydrogen-bond acceptors (Lipinski definition) is 4. The number of rotatable bonds is 2. The third-order valence-electron chi connectivity index (χ3n) is 3.07. The first-order valence-corrected chi connectivity index (χ1v) is 5.89. The van der Waals surface area contributed by atoms with Crippen molar-refractivity contribution in [3.8, 4) is 0 Å². The molecule has 1 aliphatic rings.